The highest BCUT2D eigenvalue weighted by molar-refractivity contribution is 5.93. The van der Waals surface area contributed by atoms with E-state index < -0.39 is 17.2 Å². The number of nitrogens with zero attached hydrogens (tertiary/aromatic N) is 1. The number of aromatic nitrogens is 2. The molecule has 2 rings (SSSR count). The van der Waals surface area contributed by atoms with Crippen LogP contribution >= 0.6 is 0 Å². The standard InChI is InChI=1S/C14H16N4O3/c1-8-3-4-11(10(15)5-8)16-12(19)7-18-6-9(2)13(20)17-14(18)21/h3-6H,7,15H2,1-2H3,(H,16,19)(H,17,20,21). The fourth-order valence-electron chi connectivity index (χ4n) is 1.88. The molecule has 1 heterocycles. The highest BCUT2D eigenvalue weighted by Gasteiger charge is 2.08. The van der Waals surface area contributed by atoms with E-state index in [1.54, 1.807) is 19.1 Å². The van der Waals surface area contributed by atoms with Crippen molar-refractivity contribution in [2.75, 3.05) is 11.1 Å². The monoisotopic (exact) mass is 288 g/mol. The van der Waals surface area contributed by atoms with Gasteiger partial charge in [0.2, 0.25) is 5.91 Å². The van der Waals surface area contributed by atoms with Gasteiger partial charge in [-0.3, -0.25) is 19.1 Å². The summed E-state index contributed by atoms with van der Waals surface area (Å²) in [6.07, 6.45) is 1.35. The number of nitrogen functional groups attached to an aromatic ring is 1. The lowest BCUT2D eigenvalue weighted by molar-refractivity contribution is -0.116. The van der Waals surface area contributed by atoms with E-state index in [9.17, 15) is 14.4 Å². The molecule has 0 atom stereocenters. The predicted molar refractivity (Wildman–Crippen MR) is 80.3 cm³/mol. The van der Waals surface area contributed by atoms with Crippen molar-refractivity contribution in [3.63, 3.8) is 0 Å². The lowest BCUT2D eigenvalue weighted by atomic mass is 10.2. The van der Waals surface area contributed by atoms with Crippen molar-refractivity contribution in [2.24, 2.45) is 0 Å². The number of H-pyrrole nitrogens is 1. The van der Waals surface area contributed by atoms with Gasteiger partial charge in [0, 0.05) is 11.8 Å². The van der Waals surface area contributed by atoms with Crippen LogP contribution in [0.1, 0.15) is 11.1 Å². The summed E-state index contributed by atoms with van der Waals surface area (Å²) in [7, 11) is 0. The number of anilines is 2. The highest BCUT2D eigenvalue weighted by Crippen LogP contribution is 2.19. The number of amides is 1. The zero-order valence-electron chi connectivity index (χ0n) is 11.8. The number of hydrogen-bond donors (Lipinski definition) is 3. The second-order valence-electron chi connectivity index (χ2n) is 4.84. The Hall–Kier alpha value is -2.83. The van der Waals surface area contributed by atoms with Crippen LogP contribution in [0.15, 0.2) is 34.0 Å². The average molecular weight is 288 g/mol. The molecule has 21 heavy (non-hydrogen) atoms. The van der Waals surface area contributed by atoms with Crippen LogP contribution in [0.3, 0.4) is 0 Å². The van der Waals surface area contributed by atoms with Crippen LogP contribution in [0.5, 0.6) is 0 Å². The summed E-state index contributed by atoms with van der Waals surface area (Å²) in [6, 6.07) is 5.26. The Morgan fingerprint density at radius 3 is 2.71 bits per heavy atom. The molecule has 0 aliphatic carbocycles. The van der Waals surface area contributed by atoms with Crippen LogP contribution in [0.4, 0.5) is 11.4 Å². The average Bonchev–Trinajstić information content (AvgIpc) is 2.39. The molecule has 0 unspecified atom stereocenters. The number of carbonyl (C=O) groups is 1. The molecular formula is C14H16N4O3. The maximum absolute atomic E-state index is 11.9. The first-order valence-corrected chi connectivity index (χ1v) is 6.33. The molecule has 0 fully saturated rings. The van der Waals surface area contributed by atoms with Crippen LogP contribution < -0.4 is 22.3 Å². The van der Waals surface area contributed by atoms with Crippen LogP contribution in [-0.2, 0) is 11.3 Å². The lowest BCUT2D eigenvalue weighted by Gasteiger charge is -2.10. The molecule has 1 aromatic heterocycles. The van der Waals surface area contributed by atoms with Crippen molar-refractivity contribution < 1.29 is 4.79 Å². The highest BCUT2D eigenvalue weighted by atomic mass is 16.2. The van der Waals surface area contributed by atoms with Crippen LogP contribution in [0, 0.1) is 13.8 Å². The van der Waals surface area contributed by atoms with E-state index in [-0.39, 0.29) is 6.54 Å². The zero-order chi connectivity index (χ0) is 15.6. The molecule has 1 aromatic carbocycles. The number of aryl methyl sites for hydroxylation is 2. The molecule has 4 N–H and O–H groups in total. The first kappa shape index (κ1) is 14.6. The third-order valence-electron chi connectivity index (χ3n) is 2.98. The van der Waals surface area contributed by atoms with Gasteiger partial charge >= 0.3 is 5.69 Å². The summed E-state index contributed by atoms with van der Waals surface area (Å²) in [5.41, 5.74) is 7.00. The molecular weight excluding hydrogens is 272 g/mol. The minimum absolute atomic E-state index is 0.205. The van der Waals surface area contributed by atoms with Crippen LogP contribution in [-0.4, -0.2) is 15.5 Å². The molecule has 0 aliphatic heterocycles. The molecule has 0 saturated carbocycles. The Kier molecular flexibility index (Phi) is 3.93. The minimum atomic E-state index is -0.627. The fourth-order valence-corrected chi connectivity index (χ4v) is 1.88. The van der Waals surface area contributed by atoms with Crippen LogP contribution in [0.25, 0.3) is 0 Å². The van der Waals surface area contributed by atoms with Gasteiger partial charge in [-0.05, 0) is 31.5 Å². The van der Waals surface area contributed by atoms with Gasteiger partial charge in [0.15, 0.2) is 0 Å². The topological polar surface area (TPSA) is 110 Å². The minimum Gasteiger partial charge on any atom is -0.397 e. The maximum atomic E-state index is 11.9. The Balaban J connectivity index is 2.17. The normalized spacial score (nSPS) is 10.4. The Morgan fingerprint density at radius 1 is 1.33 bits per heavy atom. The van der Waals surface area contributed by atoms with Gasteiger partial charge < -0.3 is 11.1 Å². The number of rotatable bonds is 3. The van der Waals surface area contributed by atoms with E-state index in [0.29, 0.717) is 16.9 Å². The summed E-state index contributed by atoms with van der Waals surface area (Å²) in [5, 5.41) is 2.63. The van der Waals surface area contributed by atoms with Crippen molar-refractivity contribution in [1.82, 2.24) is 9.55 Å². The fraction of sp³-hybridized carbons (Fsp3) is 0.214. The Bertz CT molecular complexity index is 805. The van der Waals surface area contributed by atoms with E-state index in [4.69, 9.17) is 5.73 Å². The molecule has 0 saturated heterocycles. The quantitative estimate of drug-likeness (QED) is 0.709. The molecule has 2 aromatic rings. The third-order valence-corrected chi connectivity index (χ3v) is 2.98. The van der Waals surface area contributed by atoms with Gasteiger partial charge in [-0.2, -0.15) is 0 Å². The molecule has 0 aliphatic rings. The van der Waals surface area contributed by atoms with Gasteiger partial charge in [-0.1, -0.05) is 6.07 Å². The second kappa shape index (κ2) is 5.66. The van der Waals surface area contributed by atoms with E-state index in [1.165, 1.54) is 6.20 Å². The number of hydrogen-bond acceptors (Lipinski definition) is 4. The molecule has 1 amide bonds. The first-order valence-electron chi connectivity index (χ1n) is 6.33. The maximum Gasteiger partial charge on any atom is 0.328 e. The van der Waals surface area contributed by atoms with Gasteiger partial charge in [0.05, 0.1) is 11.4 Å². The summed E-state index contributed by atoms with van der Waals surface area (Å²) in [4.78, 5) is 36.9. The smallest absolute Gasteiger partial charge is 0.328 e. The lowest BCUT2D eigenvalue weighted by Crippen LogP contribution is -2.34. The Labute approximate surface area is 120 Å². The molecule has 0 spiro atoms. The van der Waals surface area contributed by atoms with Crippen molar-refractivity contribution in [3.05, 3.63) is 56.4 Å². The van der Waals surface area contributed by atoms with E-state index >= 15 is 0 Å². The summed E-state index contributed by atoms with van der Waals surface area (Å²) < 4.78 is 1.14. The largest absolute Gasteiger partial charge is 0.397 e. The van der Waals surface area contributed by atoms with Crippen LogP contribution in [0.2, 0.25) is 0 Å². The molecule has 0 bridgehead atoms. The SMILES string of the molecule is Cc1ccc(NC(=O)Cn2cc(C)c(=O)[nH]c2=O)c(N)c1. The molecule has 7 heteroatoms. The van der Waals surface area contributed by atoms with E-state index in [0.717, 1.165) is 10.1 Å². The van der Waals surface area contributed by atoms with E-state index in [2.05, 4.69) is 10.3 Å². The second-order valence-corrected chi connectivity index (χ2v) is 4.84. The predicted octanol–water partition coefficient (Wildman–Crippen LogP) is 0.374. The number of carbonyl (C=O) groups excluding carboxylic acids is 1. The number of nitrogens with one attached hydrogen (secondary N) is 2. The Morgan fingerprint density at radius 2 is 2.05 bits per heavy atom. The number of aromatic amines is 1. The number of nitrogens with two attached hydrogens (primary N) is 1. The summed E-state index contributed by atoms with van der Waals surface area (Å²) in [5.74, 6) is -0.404. The summed E-state index contributed by atoms with van der Waals surface area (Å²) >= 11 is 0. The zero-order valence-corrected chi connectivity index (χ0v) is 11.8. The van der Waals surface area contributed by atoms with Gasteiger partial charge in [-0.25, -0.2) is 4.79 Å². The third kappa shape index (κ3) is 3.38. The summed E-state index contributed by atoms with van der Waals surface area (Å²) in [6.45, 7) is 3.25. The van der Waals surface area contributed by atoms with Gasteiger partial charge in [0.1, 0.15) is 6.54 Å². The van der Waals surface area contributed by atoms with Crippen molar-refractivity contribution in [1.29, 1.82) is 0 Å². The van der Waals surface area contributed by atoms with Gasteiger partial charge in [0.25, 0.3) is 5.56 Å². The van der Waals surface area contributed by atoms with Crippen molar-refractivity contribution in [2.45, 2.75) is 20.4 Å². The molecule has 110 valence electrons. The number of benzene rings is 1. The molecule has 0 radical (unpaired) electrons. The van der Waals surface area contributed by atoms with Crippen molar-refractivity contribution in [3.8, 4) is 0 Å². The first-order chi connectivity index (χ1) is 9.86. The van der Waals surface area contributed by atoms with Gasteiger partial charge in [-0.15, -0.1) is 0 Å². The van der Waals surface area contributed by atoms with E-state index in [1.807, 2.05) is 13.0 Å². The van der Waals surface area contributed by atoms with Crippen molar-refractivity contribution >= 4 is 17.3 Å². The molecule has 7 nitrogen and oxygen atoms in total.